The molecule has 0 unspecified atom stereocenters. The second kappa shape index (κ2) is 3.22. The summed E-state index contributed by atoms with van der Waals surface area (Å²) in [4.78, 5) is 4.32. The highest BCUT2D eigenvalue weighted by Crippen LogP contribution is 2.12. The lowest BCUT2D eigenvalue weighted by molar-refractivity contribution is 1.05. The van der Waals surface area contributed by atoms with Crippen LogP contribution in [0.3, 0.4) is 0 Å². The number of rotatable bonds is 1. The van der Waals surface area contributed by atoms with Crippen molar-refractivity contribution in [2.24, 2.45) is 0 Å². The summed E-state index contributed by atoms with van der Waals surface area (Å²) in [6.45, 7) is 6.17. The Balaban J connectivity index is 3.21. The Morgan fingerprint density at radius 1 is 1.36 bits per heavy atom. The highest BCUT2D eigenvalue weighted by molar-refractivity contribution is 6.16. The van der Waals surface area contributed by atoms with E-state index < -0.39 is 0 Å². The molecular formula is C9H12ClN. The fourth-order valence-electron chi connectivity index (χ4n) is 1.04. The molecule has 0 saturated heterocycles. The maximum Gasteiger partial charge on any atom is 0.0647 e. The molecule has 60 valence electrons. The van der Waals surface area contributed by atoms with E-state index in [1.165, 1.54) is 11.1 Å². The standard InChI is InChI=1S/C9H12ClN/c1-6-4-9(5-10)11-8(3)7(6)2/h4H,5H2,1-3H3. The molecule has 0 fully saturated rings. The Morgan fingerprint density at radius 3 is 2.45 bits per heavy atom. The van der Waals surface area contributed by atoms with Gasteiger partial charge in [-0.25, -0.2) is 0 Å². The van der Waals surface area contributed by atoms with E-state index in [4.69, 9.17) is 11.6 Å². The molecule has 0 radical (unpaired) electrons. The molecule has 11 heavy (non-hydrogen) atoms. The second-order valence-corrected chi connectivity index (χ2v) is 3.04. The monoisotopic (exact) mass is 169 g/mol. The van der Waals surface area contributed by atoms with E-state index in [1.807, 2.05) is 13.0 Å². The molecule has 0 atom stereocenters. The maximum absolute atomic E-state index is 5.66. The van der Waals surface area contributed by atoms with Gasteiger partial charge in [-0.2, -0.15) is 0 Å². The van der Waals surface area contributed by atoms with Crippen LogP contribution in [0.15, 0.2) is 6.07 Å². The highest BCUT2D eigenvalue weighted by atomic mass is 35.5. The number of hydrogen-bond acceptors (Lipinski definition) is 1. The van der Waals surface area contributed by atoms with E-state index in [0.29, 0.717) is 5.88 Å². The number of halogens is 1. The summed E-state index contributed by atoms with van der Waals surface area (Å²) >= 11 is 5.66. The fourth-order valence-corrected chi connectivity index (χ4v) is 1.18. The quantitative estimate of drug-likeness (QED) is 0.590. The van der Waals surface area contributed by atoms with Crippen molar-refractivity contribution in [3.63, 3.8) is 0 Å². The first-order chi connectivity index (χ1) is 5.15. The Kier molecular flexibility index (Phi) is 2.50. The van der Waals surface area contributed by atoms with Crippen molar-refractivity contribution in [3.8, 4) is 0 Å². The highest BCUT2D eigenvalue weighted by Gasteiger charge is 2.00. The first-order valence-electron chi connectivity index (χ1n) is 3.65. The van der Waals surface area contributed by atoms with Crippen LogP contribution in [-0.2, 0) is 5.88 Å². The molecule has 1 nitrogen and oxygen atoms in total. The molecule has 0 saturated carbocycles. The van der Waals surface area contributed by atoms with Gasteiger partial charge in [-0.05, 0) is 38.0 Å². The van der Waals surface area contributed by atoms with Gasteiger partial charge in [0.1, 0.15) is 0 Å². The minimum absolute atomic E-state index is 0.502. The van der Waals surface area contributed by atoms with E-state index in [-0.39, 0.29) is 0 Å². The third-order valence-electron chi connectivity index (χ3n) is 1.97. The van der Waals surface area contributed by atoms with E-state index in [0.717, 1.165) is 11.4 Å². The van der Waals surface area contributed by atoms with Crippen LogP contribution in [0, 0.1) is 20.8 Å². The average Bonchev–Trinajstić information content (AvgIpc) is 1.99. The van der Waals surface area contributed by atoms with Crippen molar-refractivity contribution in [3.05, 3.63) is 28.6 Å². The summed E-state index contributed by atoms with van der Waals surface area (Å²) in [5.74, 6) is 0.502. The molecule has 0 N–H and O–H groups in total. The number of pyridine rings is 1. The molecule has 0 aliphatic carbocycles. The molecule has 0 aromatic carbocycles. The van der Waals surface area contributed by atoms with E-state index in [2.05, 4.69) is 18.8 Å². The molecule has 1 rings (SSSR count). The third kappa shape index (κ3) is 1.72. The van der Waals surface area contributed by atoms with Crippen LogP contribution in [-0.4, -0.2) is 4.98 Å². The summed E-state index contributed by atoms with van der Waals surface area (Å²) in [6, 6.07) is 2.04. The van der Waals surface area contributed by atoms with Crippen molar-refractivity contribution >= 4 is 11.6 Å². The topological polar surface area (TPSA) is 12.9 Å². The SMILES string of the molecule is Cc1cc(CCl)nc(C)c1C. The number of aromatic nitrogens is 1. The second-order valence-electron chi connectivity index (χ2n) is 2.77. The van der Waals surface area contributed by atoms with Crippen LogP contribution in [0.25, 0.3) is 0 Å². The van der Waals surface area contributed by atoms with E-state index in [9.17, 15) is 0 Å². The zero-order chi connectivity index (χ0) is 8.43. The van der Waals surface area contributed by atoms with Crippen molar-refractivity contribution < 1.29 is 0 Å². The first-order valence-corrected chi connectivity index (χ1v) is 4.18. The summed E-state index contributed by atoms with van der Waals surface area (Å²) < 4.78 is 0. The number of aryl methyl sites for hydroxylation is 2. The number of hydrogen-bond donors (Lipinski definition) is 0. The lowest BCUT2D eigenvalue weighted by Crippen LogP contribution is -1.95. The van der Waals surface area contributed by atoms with Gasteiger partial charge < -0.3 is 0 Å². The van der Waals surface area contributed by atoms with Crippen molar-refractivity contribution in [2.45, 2.75) is 26.7 Å². The maximum atomic E-state index is 5.66. The molecule has 0 aliphatic rings. The molecule has 2 heteroatoms. The van der Waals surface area contributed by atoms with Gasteiger partial charge in [0.05, 0.1) is 11.6 Å². The minimum Gasteiger partial charge on any atom is -0.257 e. The summed E-state index contributed by atoms with van der Waals surface area (Å²) in [7, 11) is 0. The van der Waals surface area contributed by atoms with E-state index >= 15 is 0 Å². The molecule has 1 heterocycles. The van der Waals surface area contributed by atoms with Crippen LogP contribution in [0.4, 0.5) is 0 Å². The minimum atomic E-state index is 0.502. The molecule has 0 bridgehead atoms. The van der Waals surface area contributed by atoms with E-state index in [1.54, 1.807) is 0 Å². The molecular weight excluding hydrogens is 158 g/mol. The predicted molar refractivity (Wildman–Crippen MR) is 48.0 cm³/mol. The zero-order valence-corrected chi connectivity index (χ0v) is 7.87. The Bertz CT molecular complexity index is 245. The van der Waals surface area contributed by atoms with Gasteiger partial charge in [0.15, 0.2) is 0 Å². The zero-order valence-electron chi connectivity index (χ0n) is 7.11. The van der Waals surface area contributed by atoms with Crippen LogP contribution in [0.5, 0.6) is 0 Å². The van der Waals surface area contributed by atoms with Crippen molar-refractivity contribution in [1.29, 1.82) is 0 Å². The van der Waals surface area contributed by atoms with Gasteiger partial charge in [-0.15, -0.1) is 11.6 Å². The van der Waals surface area contributed by atoms with Crippen LogP contribution in [0.2, 0.25) is 0 Å². The predicted octanol–water partition coefficient (Wildman–Crippen LogP) is 2.75. The van der Waals surface area contributed by atoms with Crippen LogP contribution in [0.1, 0.15) is 22.5 Å². The van der Waals surface area contributed by atoms with Gasteiger partial charge in [0.25, 0.3) is 0 Å². The van der Waals surface area contributed by atoms with Gasteiger partial charge in [0, 0.05) is 5.69 Å². The molecule has 0 amide bonds. The molecule has 0 aliphatic heterocycles. The van der Waals surface area contributed by atoms with Gasteiger partial charge in [-0.3, -0.25) is 4.98 Å². The van der Waals surface area contributed by atoms with Crippen LogP contribution < -0.4 is 0 Å². The van der Waals surface area contributed by atoms with Gasteiger partial charge in [-0.1, -0.05) is 0 Å². The normalized spacial score (nSPS) is 10.2. The smallest absolute Gasteiger partial charge is 0.0647 e. The average molecular weight is 170 g/mol. The van der Waals surface area contributed by atoms with Crippen molar-refractivity contribution in [1.82, 2.24) is 4.98 Å². The van der Waals surface area contributed by atoms with Gasteiger partial charge in [0.2, 0.25) is 0 Å². The van der Waals surface area contributed by atoms with Gasteiger partial charge >= 0.3 is 0 Å². The van der Waals surface area contributed by atoms with Crippen molar-refractivity contribution in [2.75, 3.05) is 0 Å². The summed E-state index contributed by atoms with van der Waals surface area (Å²) in [5, 5.41) is 0. The fraction of sp³-hybridized carbons (Fsp3) is 0.444. The lowest BCUT2D eigenvalue weighted by atomic mass is 10.1. The summed E-state index contributed by atoms with van der Waals surface area (Å²) in [6.07, 6.45) is 0. The largest absolute Gasteiger partial charge is 0.257 e. The molecule has 0 spiro atoms. The summed E-state index contributed by atoms with van der Waals surface area (Å²) in [5.41, 5.74) is 4.58. The number of nitrogens with zero attached hydrogens (tertiary/aromatic N) is 1. The van der Waals surface area contributed by atoms with Crippen LogP contribution >= 0.6 is 11.6 Å². The Hall–Kier alpha value is -0.560. The third-order valence-corrected chi connectivity index (χ3v) is 2.24. The number of alkyl halides is 1. The lowest BCUT2D eigenvalue weighted by Gasteiger charge is -2.05. The molecule has 1 aromatic heterocycles. The molecule has 1 aromatic rings. The Labute approximate surface area is 72.4 Å². The first kappa shape index (κ1) is 8.54. The Morgan fingerprint density at radius 2 is 2.00 bits per heavy atom.